The van der Waals surface area contributed by atoms with Gasteiger partial charge in [0.25, 0.3) is 0 Å². The molecule has 0 spiro atoms. The summed E-state index contributed by atoms with van der Waals surface area (Å²) in [5, 5.41) is 59.2. The number of fused-ring (bicyclic) bond motifs is 1. The predicted molar refractivity (Wildman–Crippen MR) is 106 cm³/mol. The van der Waals surface area contributed by atoms with Gasteiger partial charge in [-0.3, -0.25) is 4.79 Å². The number of benzene rings is 2. The third-order valence-corrected chi connectivity index (χ3v) is 5.11. The van der Waals surface area contributed by atoms with Crippen LogP contribution in [0.5, 0.6) is 23.0 Å². The fraction of sp³-hybridized carbons (Fsp3) is 0.286. The molecular weight excluding hydrogens is 412 g/mol. The Morgan fingerprint density at radius 1 is 0.935 bits per heavy atom. The van der Waals surface area contributed by atoms with Crippen LogP contribution in [-0.4, -0.2) is 61.3 Å². The largest absolute Gasteiger partial charge is 0.508 e. The molecule has 1 fully saturated rings. The Balaban J connectivity index is 1.64. The number of phenols is 2. The highest BCUT2D eigenvalue weighted by Crippen LogP contribution is 2.35. The van der Waals surface area contributed by atoms with E-state index in [1.165, 1.54) is 31.2 Å². The van der Waals surface area contributed by atoms with Crippen molar-refractivity contribution in [3.05, 3.63) is 46.6 Å². The summed E-state index contributed by atoms with van der Waals surface area (Å²) in [5.74, 6) is -1.51. The van der Waals surface area contributed by atoms with Crippen LogP contribution in [0.25, 0.3) is 22.3 Å². The molecule has 0 radical (unpaired) electrons. The molecule has 164 valence electrons. The molecule has 3 aromatic rings. The summed E-state index contributed by atoms with van der Waals surface area (Å²) < 4.78 is 16.4. The van der Waals surface area contributed by atoms with Crippen molar-refractivity contribution in [3.8, 4) is 34.3 Å². The van der Waals surface area contributed by atoms with Gasteiger partial charge < -0.3 is 44.5 Å². The average Bonchev–Trinajstić information content (AvgIpc) is 2.73. The Morgan fingerprint density at radius 3 is 2.29 bits per heavy atom. The molecule has 0 saturated carbocycles. The van der Waals surface area contributed by atoms with Gasteiger partial charge >= 0.3 is 0 Å². The molecule has 6 N–H and O–H groups in total. The van der Waals surface area contributed by atoms with E-state index in [2.05, 4.69) is 0 Å². The molecular formula is C21H20O10. The van der Waals surface area contributed by atoms with Crippen molar-refractivity contribution in [1.29, 1.82) is 0 Å². The smallest absolute Gasteiger partial charge is 0.238 e. The molecule has 10 heteroatoms. The van der Waals surface area contributed by atoms with Crippen molar-refractivity contribution in [2.24, 2.45) is 0 Å². The van der Waals surface area contributed by atoms with Gasteiger partial charge in [0.05, 0.1) is 6.10 Å². The van der Waals surface area contributed by atoms with Crippen LogP contribution in [0.1, 0.15) is 6.92 Å². The zero-order valence-corrected chi connectivity index (χ0v) is 16.2. The number of aliphatic hydroxyl groups is 3. The van der Waals surface area contributed by atoms with Crippen LogP contribution in [0, 0.1) is 0 Å². The predicted octanol–water partition coefficient (Wildman–Crippen LogP) is 0.783. The quantitative estimate of drug-likeness (QED) is 0.348. The molecule has 5 atom stereocenters. The Hall–Kier alpha value is -3.31. The van der Waals surface area contributed by atoms with Crippen LogP contribution < -0.4 is 10.2 Å². The van der Waals surface area contributed by atoms with Crippen molar-refractivity contribution in [3.63, 3.8) is 0 Å². The van der Waals surface area contributed by atoms with E-state index in [0.717, 1.165) is 12.1 Å². The summed E-state index contributed by atoms with van der Waals surface area (Å²) in [6.07, 6.45) is -6.16. The van der Waals surface area contributed by atoms with E-state index >= 15 is 0 Å². The maximum atomic E-state index is 12.4. The van der Waals surface area contributed by atoms with E-state index in [1.807, 2.05) is 0 Å². The van der Waals surface area contributed by atoms with Gasteiger partial charge in [0.15, 0.2) is 5.76 Å². The monoisotopic (exact) mass is 432 g/mol. The topological polar surface area (TPSA) is 170 Å². The van der Waals surface area contributed by atoms with E-state index in [1.54, 1.807) is 0 Å². The van der Waals surface area contributed by atoms with Crippen molar-refractivity contribution < 1.29 is 44.5 Å². The molecule has 0 bridgehead atoms. The number of phenolic OH excluding ortho intramolecular Hbond substituents is 2. The first kappa shape index (κ1) is 20.9. The Bertz CT molecular complexity index is 1170. The molecule has 0 aliphatic carbocycles. The molecule has 10 nitrogen and oxygen atoms in total. The van der Waals surface area contributed by atoms with Crippen molar-refractivity contribution >= 4 is 11.0 Å². The third kappa shape index (κ3) is 3.66. The van der Waals surface area contributed by atoms with Gasteiger partial charge in [0, 0.05) is 17.7 Å². The number of hydrogen-bond acceptors (Lipinski definition) is 10. The van der Waals surface area contributed by atoms with E-state index in [-0.39, 0.29) is 28.2 Å². The summed E-state index contributed by atoms with van der Waals surface area (Å²) in [6, 6.07) is 7.94. The molecule has 1 saturated heterocycles. The van der Waals surface area contributed by atoms with Crippen LogP contribution in [0.4, 0.5) is 0 Å². The van der Waals surface area contributed by atoms with E-state index in [9.17, 15) is 35.4 Å². The van der Waals surface area contributed by atoms with Gasteiger partial charge in [-0.1, -0.05) is 0 Å². The highest BCUT2D eigenvalue weighted by Gasteiger charge is 2.43. The first-order valence-corrected chi connectivity index (χ1v) is 9.36. The number of hydrogen-bond donors (Lipinski definition) is 6. The minimum Gasteiger partial charge on any atom is -0.508 e. The lowest BCUT2D eigenvalue weighted by Crippen LogP contribution is -2.58. The first-order valence-electron chi connectivity index (χ1n) is 9.36. The second-order valence-electron chi connectivity index (χ2n) is 7.27. The van der Waals surface area contributed by atoms with Gasteiger partial charge in [-0.15, -0.1) is 0 Å². The van der Waals surface area contributed by atoms with Gasteiger partial charge in [-0.25, -0.2) is 0 Å². The van der Waals surface area contributed by atoms with E-state index in [0.29, 0.717) is 5.56 Å². The van der Waals surface area contributed by atoms with E-state index in [4.69, 9.17) is 13.9 Å². The van der Waals surface area contributed by atoms with Crippen molar-refractivity contribution in [2.45, 2.75) is 37.6 Å². The fourth-order valence-corrected chi connectivity index (χ4v) is 3.40. The van der Waals surface area contributed by atoms with Crippen LogP contribution in [0.2, 0.25) is 0 Å². The number of aromatic hydroxyl groups is 3. The van der Waals surface area contributed by atoms with Gasteiger partial charge in [-0.05, 0) is 31.2 Å². The second kappa shape index (κ2) is 7.75. The number of aliphatic hydroxyl groups excluding tert-OH is 3. The first-order chi connectivity index (χ1) is 14.7. The minimum absolute atomic E-state index is 0.115. The van der Waals surface area contributed by atoms with Crippen LogP contribution in [-0.2, 0) is 4.74 Å². The van der Waals surface area contributed by atoms with Gasteiger partial charge in [0.2, 0.25) is 17.5 Å². The van der Waals surface area contributed by atoms with Crippen LogP contribution >= 0.6 is 0 Å². The third-order valence-electron chi connectivity index (χ3n) is 5.11. The Kier molecular flexibility index (Phi) is 5.23. The second-order valence-corrected chi connectivity index (χ2v) is 7.27. The van der Waals surface area contributed by atoms with Crippen molar-refractivity contribution in [1.82, 2.24) is 0 Å². The Morgan fingerprint density at radius 2 is 1.61 bits per heavy atom. The molecule has 31 heavy (non-hydrogen) atoms. The Labute approximate surface area is 174 Å². The van der Waals surface area contributed by atoms with Gasteiger partial charge in [0.1, 0.15) is 46.5 Å². The summed E-state index contributed by atoms with van der Waals surface area (Å²) in [6.45, 7) is 1.53. The lowest BCUT2D eigenvalue weighted by Gasteiger charge is -2.38. The molecule has 1 aliphatic rings. The summed E-state index contributed by atoms with van der Waals surface area (Å²) in [4.78, 5) is 12.4. The summed E-state index contributed by atoms with van der Waals surface area (Å²) in [5.41, 5.74) is -0.689. The summed E-state index contributed by atoms with van der Waals surface area (Å²) >= 11 is 0. The lowest BCUT2D eigenvalue weighted by molar-refractivity contribution is -0.268. The number of ether oxygens (including phenoxy) is 2. The fourth-order valence-electron chi connectivity index (χ4n) is 3.40. The molecule has 2 aromatic carbocycles. The minimum atomic E-state index is -1.48. The standard InChI is InChI=1S/C21H20O10/c1-8-15(24)17(26)19(28)21(29-8)30-11-4-2-9(3-5-11)20-18(27)16(25)14-12(23)6-10(22)7-13(14)31-20/h2-8,15,17,19,21-24,26-28H,1H3. The maximum absolute atomic E-state index is 12.4. The van der Waals surface area contributed by atoms with Crippen LogP contribution in [0.3, 0.4) is 0 Å². The average molecular weight is 432 g/mol. The summed E-state index contributed by atoms with van der Waals surface area (Å²) in [7, 11) is 0. The van der Waals surface area contributed by atoms with Gasteiger partial charge in [-0.2, -0.15) is 0 Å². The molecule has 2 heterocycles. The molecule has 1 aromatic heterocycles. The molecule has 4 rings (SSSR count). The molecule has 0 amide bonds. The zero-order chi connectivity index (χ0) is 22.4. The normalized spacial score (nSPS) is 26.1. The van der Waals surface area contributed by atoms with E-state index < -0.39 is 47.6 Å². The molecule has 1 aliphatic heterocycles. The highest BCUT2D eigenvalue weighted by atomic mass is 16.7. The lowest BCUT2D eigenvalue weighted by atomic mass is 10.00. The number of rotatable bonds is 3. The highest BCUT2D eigenvalue weighted by molar-refractivity contribution is 5.88. The maximum Gasteiger partial charge on any atom is 0.238 e. The van der Waals surface area contributed by atoms with Crippen LogP contribution in [0.15, 0.2) is 45.6 Å². The van der Waals surface area contributed by atoms with Crippen molar-refractivity contribution in [2.75, 3.05) is 0 Å². The molecule has 5 unspecified atom stereocenters. The SMILES string of the molecule is CC1OC(Oc2ccc(-c3oc4cc(O)cc(O)c4c(=O)c3O)cc2)C(O)C(O)C1O. The zero-order valence-electron chi connectivity index (χ0n) is 16.2.